The van der Waals surface area contributed by atoms with Crippen LogP contribution < -0.4 is 0 Å². The molecule has 14 heavy (non-hydrogen) atoms. The van der Waals surface area contributed by atoms with Crippen LogP contribution in [0.25, 0.3) is 0 Å². The third-order valence-electron chi connectivity index (χ3n) is 2.06. The third kappa shape index (κ3) is 2.42. The summed E-state index contributed by atoms with van der Waals surface area (Å²) in [6.07, 6.45) is -4.11. The van der Waals surface area contributed by atoms with Gasteiger partial charge < -0.3 is 24.8 Å². The van der Waals surface area contributed by atoms with Crippen LogP contribution in [0.1, 0.15) is 6.92 Å². The lowest BCUT2D eigenvalue weighted by molar-refractivity contribution is -0.211. The second-order valence-electron chi connectivity index (χ2n) is 3.19. The second-order valence-corrected chi connectivity index (χ2v) is 3.19. The standard InChI is InChI=1S/C8H14O6/c1-4(10)14-8-5(11)3-13-6(2-9)7(8)12/h5-9,11-12H,2-3H2,1H3/t5?,6?,7?,8-/m1/s1. The first-order valence-electron chi connectivity index (χ1n) is 4.32. The summed E-state index contributed by atoms with van der Waals surface area (Å²) in [7, 11) is 0. The molecule has 4 atom stereocenters. The molecule has 1 rings (SSSR count). The van der Waals surface area contributed by atoms with Crippen LogP contribution in [0, 0.1) is 0 Å². The number of hydrogen-bond donors (Lipinski definition) is 3. The van der Waals surface area contributed by atoms with Crippen LogP contribution in [-0.4, -0.2) is 58.9 Å². The number of aliphatic hydroxyl groups is 3. The van der Waals surface area contributed by atoms with Crippen LogP contribution in [0.15, 0.2) is 0 Å². The quantitative estimate of drug-likeness (QED) is 0.454. The fraction of sp³-hybridized carbons (Fsp3) is 0.875. The maximum atomic E-state index is 10.7. The average molecular weight is 206 g/mol. The van der Waals surface area contributed by atoms with Crippen LogP contribution in [0.4, 0.5) is 0 Å². The number of carbonyl (C=O) groups is 1. The number of esters is 1. The van der Waals surface area contributed by atoms with Gasteiger partial charge in [-0.05, 0) is 0 Å². The molecule has 0 spiro atoms. The topological polar surface area (TPSA) is 96.2 Å². The number of carbonyl (C=O) groups excluding carboxylic acids is 1. The Bertz CT molecular complexity index is 206. The van der Waals surface area contributed by atoms with E-state index in [4.69, 9.17) is 14.6 Å². The van der Waals surface area contributed by atoms with Gasteiger partial charge in [0.2, 0.25) is 0 Å². The summed E-state index contributed by atoms with van der Waals surface area (Å²) in [4.78, 5) is 10.7. The second kappa shape index (κ2) is 4.70. The smallest absolute Gasteiger partial charge is 0.303 e. The van der Waals surface area contributed by atoms with E-state index < -0.39 is 30.4 Å². The highest BCUT2D eigenvalue weighted by Crippen LogP contribution is 2.18. The Morgan fingerprint density at radius 1 is 1.57 bits per heavy atom. The zero-order chi connectivity index (χ0) is 10.7. The van der Waals surface area contributed by atoms with Crippen molar-refractivity contribution in [3.63, 3.8) is 0 Å². The summed E-state index contributed by atoms with van der Waals surface area (Å²) in [6.45, 7) is 0.731. The van der Waals surface area contributed by atoms with Crippen LogP contribution in [0.5, 0.6) is 0 Å². The molecule has 3 N–H and O–H groups in total. The molecule has 0 aromatic heterocycles. The first-order chi connectivity index (χ1) is 6.56. The van der Waals surface area contributed by atoms with Gasteiger partial charge in [0.25, 0.3) is 0 Å². The summed E-state index contributed by atoms with van der Waals surface area (Å²) in [5, 5.41) is 27.7. The molecule has 0 aromatic rings. The number of rotatable bonds is 2. The van der Waals surface area contributed by atoms with Crippen molar-refractivity contribution in [2.45, 2.75) is 31.3 Å². The van der Waals surface area contributed by atoms with Gasteiger partial charge in [-0.25, -0.2) is 0 Å². The lowest BCUT2D eigenvalue weighted by Crippen LogP contribution is -2.55. The zero-order valence-electron chi connectivity index (χ0n) is 7.79. The van der Waals surface area contributed by atoms with Crippen molar-refractivity contribution in [2.75, 3.05) is 13.2 Å². The van der Waals surface area contributed by atoms with E-state index in [2.05, 4.69) is 0 Å². The monoisotopic (exact) mass is 206 g/mol. The molecule has 1 aliphatic rings. The number of ether oxygens (including phenoxy) is 2. The highest BCUT2D eigenvalue weighted by molar-refractivity contribution is 5.66. The van der Waals surface area contributed by atoms with Gasteiger partial charge in [0.05, 0.1) is 13.2 Å². The van der Waals surface area contributed by atoms with Crippen molar-refractivity contribution in [3.8, 4) is 0 Å². The van der Waals surface area contributed by atoms with Gasteiger partial charge in [-0.15, -0.1) is 0 Å². The van der Waals surface area contributed by atoms with E-state index >= 15 is 0 Å². The molecule has 1 fully saturated rings. The Morgan fingerprint density at radius 3 is 2.71 bits per heavy atom. The minimum Gasteiger partial charge on any atom is -0.457 e. The third-order valence-corrected chi connectivity index (χ3v) is 2.06. The lowest BCUT2D eigenvalue weighted by atomic mass is 10.0. The van der Waals surface area contributed by atoms with Crippen molar-refractivity contribution >= 4 is 5.97 Å². The molecule has 0 aliphatic carbocycles. The van der Waals surface area contributed by atoms with E-state index in [0.717, 1.165) is 0 Å². The molecule has 82 valence electrons. The van der Waals surface area contributed by atoms with Gasteiger partial charge in [0.15, 0.2) is 6.10 Å². The molecule has 6 heteroatoms. The van der Waals surface area contributed by atoms with E-state index in [1.807, 2.05) is 0 Å². The van der Waals surface area contributed by atoms with Gasteiger partial charge >= 0.3 is 5.97 Å². The fourth-order valence-corrected chi connectivity index (χ4v) is 1.36. The molecule has 0 amide bonds. The van der Waals surface area contributed by atoms with Gasteiger partial charge in [0, 0.05) is 6.92 Å². The molecule has 1 saturated heterocycles. The van der Waals surface area contributed by atoms with E-state index in [0.29, 0.717) is 0 Å². The summed E-state index contributed by atoms with van der Waals surface area (Å²) in [5.74, 6) is -0.591. The number of hydrogen-bond acceptors (Lipinski definition) is 6. The van der Waals surface area contributed by atoms with E-state index in [9.17, 15) is 15.0 Å². The van der Waals surface area contributed by atoms with Crippen molar-refractivity contribution in [1.82, 2.24) is 0 Å². The predicted octanol–water partition coefficient (Wildman–Crippen LogP) is -1.97. The summed E-state index contributed by atoms with van der Waals surface area (Å²) in [6, 6.07) is 0. The summed E-state index contributed by atoms with van der Waals surface area (Å²) < 4.78 is 9.64. The molecule has 0 bridgehead atoms. The molecule has 0 aromatic carbocycles. The van der Waals surface area contributed by atoms with Crippen LogP contribution in [-0.2, 0) is 14.3 Å². The van der Waals surface area contributed by atoms with Crippen molar-refractivity contribution in [3.05, 3.63) is 0 Å². The molecule has 6 nitrogen and oxygen atoms in total. The molecular formula is C8H14O6. The van der Waals surface area contributed by atoms with Crippen LogP contribution in [0.2, 0.25) is 0 Å². The van der Waals surface area contributed by atoms with Gasteiger partial charge in [0.1, 0.15) is 18.3 Å². The largest absolute Gasteiger partial charge is 0.457 e. The zero-order valence-corrected chi connectivity index (χ0v) is 7.79. The molecule has 1 heterocycles. The summed E-state index contributed by atoms with van der Waals surface area (Å²) in [5.41, 5.74) is 0. The Hall–Kier alpha value is -0.690. The maximum Gasteiger partial charge on any atom is 0.303 e. The van der Waals surface area contributed by atoms with E-state index in [-0.39, 0.29) is 13.2 Å². The molecule has 1 aliphatic heterocycles. The highest BCUT2D eigenvalue weighted by Gasteiger charge is 2.40. The minimum absolute atomic E-state index is 0.0692. The van der Waals surface area contributed by atoms with E-state index in [1.54, 1.807) is 0 Å². The van der Waals surface area contributed by atoms with Crippen LogP contribution >= 0.6 is 0 Å². The SMILES string of the molecule is CC(=O)O[C@@H]1C(O)COC(CO)C1O. The van der Waals surface area contributed by atoms with E-state index in [1.165, 1.54) is 6.92 Å². The Kier molecular flexibility index (Phi) is 3.82. The molecule has 0 radical (unpaired) electrons. The molecule has 0 saturated carbocycles. The van der Waals surface area contributed by atoms with Crippen molar-refractivity contribution in [2.24, 2.45) is 0 Å². The Labute approximate surface area is 81.1 Å². The Morgan fingerprint density at radius 2 is 2.21 bits per heavy atom. The number of aliphatic hydroxyl groups excluding tert-OH is 3. The first kappa shape index (κ1) is 11.4. The molecular weight excluding hydrogens is 192 g/mol. The van der Waals surface area contributed by atoms with Crippen molar-refractivity contribution < 1.29 is 29.6 Å². The summed E-state index contributed by atoms with van der Waals surface area (Å²) >= 11 is 0. The average Bonchev–Trinajstić information content (AvgIpc) is 2.12. The van der Waals surface area contributed by atoms with Gasteiger partial charge in [-0.2, -0.15) is 0 Å². The van der Waals surface area contributed by atoms with Crippen LogP contribution in [0.3, 0.4) is 0 Å². The highest BCUT2D eigenvalue weighted by atomic mass is 16.6. The normalized spacial score (nSPS) is 38.0. The first-order valence-corrected chi connectivity index (χ1v) is 4.32. The fourth-order valence-electron chi connectivity index (χ4n) is 1.36. The lowest BCUT2D eigenvalue weighted by Gasteiger charge is -2.36. The molecule has 3 unspecified atom stereocenters. The Balaban J connectivity index is 2.63. The van der Waals surface area contributed by atoms with Crippen molar-refractivity contribution in [1.29, 1.82) is 0 Å². The van der Waals surface area contributed by atoms with Gasteiger partial charge in [-0.3, -0.25) is 4.79 Å². The van der Waals surface area contributed by atoms with Gasteiger partial charge in [-0.1, -0.05) is 0 Å². The maximum absolute atomic E-state index is 10.7. The minimum atomic E-state index is -1.20. The predicted molar refractivity (Wildman–Crippen MR) is 44.4 cm³/mol.